The van der Waals surface area contributed by atoms with E-state index in [0.29, 0.717) is 0 Å². The van der Waals surface area contributed by atoms with E-state index in [2.05, 4.69) is 6.58 Å². The first-order valence-electron chi connectivity index (χ1n) is 4.24. The summed E-state index contributed by atoms with van der Waals surface area (Å²) in [6.45, 7) is 3.62. The highest BCUT2D eigenvalue weighted by atomic mass is 16.7. The summed E-state index contributed by atoms with van der Waals surface area (Å²) in [6.07, 6.45) is 5.21. The maximum Gasteiger partial charge on any atom is 0.506 e. The summed E-state index contributed by atoms with van der Waals surface area (Å²) in [5.41, 5.74) is -0.593. The van der Waals surface area contributed by atoms with Crippen molar-refractivity contribution in [2.45, 2.75) is 37.7 Å². The van der Waals surface area contributed by atoms with Crippen LogP contribution >= 0.6 is 0 Å². The van der Waals surface area contributed by atoms with E-state index in [0.717, 1.165) is 25.7 Å². The summed E-state index contributed by atoms with van der Waals surface area (Å²) >= 11 is 0. The van der Waals surface area contributed by atoms with Gasteiger partial charge in [0.2, 0.25) is 0 Å². The van der Waals surface area contributed by atoms with Crippen molar-refractivity contribution in [2.75, 3.05) is 0 Å². The van der Waals surface area contributed by atoms with Crippen molar-refractivity contribution in [1.82, 2.24) is 0 Å². The third-order valence-electron chi connectivity index (χ3n) is 2.36. The second-order valence-electron chi connectivity index (χ2n) is 3.20. The highest BCUT2D eigenvalue weighted by Gasteiger charge is 2.32. The lowest BCUT2D eigenvalue weighted by atomic mass is 9.85. The molecule has 0 heterocycles. The van der Waals surface area contributed by atoms with Crippen molar-refractivity contribution in [1.29, 1.82) is 0 Å². The quantitative estimate of drug-likeness (QED) is 0.511. The maximum atomic E-state index is 10.4. The zero-order valence-electron chi connectivity index (χ0n) is 7.08. The van der Waals surface area contributed by atoms with Gasteiger partial charge in [-0.1, -0.05) is 13.0 Å². The maximum absolute atomic E-state index is 10.4. The fraction of sp³-hybridized carbons (Fsp3) is 0.667. The average molecular weight is 170 g/mol. The Kier molecular flexibility index (Phi) is 2.74. The number of carboxylic acid groups (broad SMARTS) is 1. The monoisotopic (exact) mass is 170 g/mol. The van der Waals surface area contributed by atoms with Gasteiger partial charge in [-0.2, -0.15) is 0 Å². The normalized spacial score (nSPS) is 21.3. The van der Waals surface area contributed by atoms with E-state index < -0.39 is 11.8 Å². The van der Waals surface area contributed by atoms with Crippen molar-refractivity contribution in [3.8, 4) is 0 Å². The summed E-state index contributed by atoms with van der Waals surface area (Å²) in [6, 6.07) is 0. The Morgan fingerprint density at radius 3 is 2.42 bits per heavy atom. The van der Waals surface area contributed by atoms with Gasteiger partial charge in [-0.15, -0.1) is 0 Å². The van der Waals surface area contributed by atoms with Gasteiger partial charge in [-0.25, -0.2) is 4.79 Å². The smallest absolute Gasteiger partial charge is 0.450 e. The van der Waals surface area contributed by atoms with Crippen LogP contribution < -0.4 is 0 Å². The Hall–Kier alpha value is -0.990. The molecule has 0 aromatic heterocycles. The number of hydrogen-bond donors (Lipinski definition) is 1. The van der Waals surface area contributed by atoms with Crippen molar-refractivity contribution < 1.29 is 14.6 Å². The van der Waals surface area contributed by atoms with E-state index in [9.17, 15) is 4.79 Å². The molecule has 0 aliphatic heterocycles. The molecule has 1 N–H and O–H groups in total. The Morgan fingerprint density at radius 1 is 1.42 bits per heavy atom. The van der Waals surface area contributed by atoms with E-state index >= 15 is 0 Å². The third kappa shape index (κ3) is 2.00. The lowest BCUT2D eigenvalue weighted by molar-refractivity contribution is -0.00982. The second kappa shape index (κ2) is 3.61. The van der Waals surface area contributed by atoms with E-state index in [1.807, 2.05) is 0 Å². The molecule has 3 nitrogen and oxygen atoms in total. The molecule has 0 bridgehead atoms. The zero-order valence-corrected chi connectivity index (χ0v) is 7.08. The van der Waals surface area contributed by atoms with Gasteiger partial charge < -0.3 is 9.84 Å². The zero-order chi connectivity index (χ0) is 9.03. The third-order valence-corrected chi connectivity index (χ3v) is 2.36. The summed E-state index contributed by atoms with van der Waals surface area (Å²) in [7, 11) is 0. The van der Waals surface area contributed by atoms with Crippen molar-refractivity contribution in [2.24, 2.45) is 0 Å². The molecule has 0 saturated heterocycles. The molecule has 0 aromatic carbocycles. The van der Waals surface area contributed by atoms with E-state index in [-0.39, 0.29) is 0 Å². The molecule has 12 heavy (non-hydrogen) atoms. The Bertz CT molecular complexity index is 180. The summed E-state index contributed by atoms with van der Waals surface area (Å²) in [4.78, 5) is 10.4. The molecule has 0 atom stereocenters. The molecular weight excluding hydrogens is 156 g/mol. The molecule has 1 saturated carbocycles. The van der Waals surface area contributed by atoms with Crippen molar-refractivity contribution in [3.63, 3.8) is 0 Å². The Balaban J connectivity index is 2.59. The molecule has 0 unspecified atom stereocenters. The van der Waals surface area contributed by atoms with Crippen LogP contribution in [0.3, 0.4) is 0 Å². The first-order valence-corrected chi connectivity index (χ1v) is 4.24. The highest BCUT2D eigenvalue weighted by molar-refractivity contribution is 5.58. The predicted octanol–water partition coefficient (Wildman–Crippen LogP) is 2.57. The molecule has 1 rings (SSSR count). The topological polar surface area (TPSA) is 46.5 Å². The van der Waals surface area contributed by atoms with Gasteiger partial charge in [0.1, 0.15) is 5.60 Å². The van der Waals surface area contributed by atoms with Crippen LogP contribution in [0.25, 0.3) is 0 Å². The van der Waals surface area contributed by atoms with Gasteiger partial charge in [-0.05, 0) is 31.8 Å². The van der Waals surface area contributed by atoms with Crippen LogP contribution in [0.15, 0.2) is 12.7 Å². The molecule has 3 heteroatoms. The fourth-order valence-corrected chi connectivity index (χ4v) is 1.67. The van der Waals surface area contributed by atoms with Crippen LogP contribution in [0.5, 0.6) is 0 Å². The molecule has 68 valence electrons. The molecule has 1 aliphatic carbocycles. The molecule has 0 aromatic rings. The van der Waals surface area contributed by atoms with Gasteiger partial charge >= 0.3 is 6.16 Å². The van der Waals surface area contributed by atoms with E-state index in [4.69, 9.17) is 9.84 Å². The van der Waals surface area contributed by atoms with Crippen LogP contribution in [0.1, 0.15) is 32.1 Å². The number of ether oxygens (including phenoxy) is 1. The lowest BCUT2D eigenvalue weighted by Crippen LogP contribution is -2.34. The van der Waals surface area contributed by atoms with Crippen LogP contribution in [0.4, 0.5) is 4.79 Å². The van der Waals surface area contributed by atoms with Gasteiger partial charge in [0.25, 0.3) is 0 Å². The van der Waals surface area contributed by atoms with Gasteiger partial charge in [0.15, 0.2) is 0 Å². The Morgan fingerprint density at radius 2 is 2.00 bits per heavy atom. The average Bonchev–Trinajstić information content (AvgIpc) is 2.05. The lowest BCUT2D eigenvalue weighted by Gasteiger charge is -2.32. The first kappa shape index (κ1) is 9.10. The number of rotatable bonds is 2. The van der Waals surface area contributed by atoms with Gasteiger partial charge in [-0.3, -0.25) is 0 Å². The largest absolute Gasteiger partial charge is 0.506 e. The minimum atomic E-state index is -1.20. The predicted molar refractivity (Wildman–Crippen MR) is 45.1 cm³/mol. The molecular formula is C9H14O3. The summed E-state index contributed by atoms with van der Waals surface area (Å²) < 4.78 is 4.83. The van der Waals surface area contributed by atoms with Crippen LogP contribution in [0, 0.1) is 0 Å². The summed E-state index contributed by atoms with van der Waals surface area (Å²) in [5, 5.41) is 8.49. The SMILES string of the molecule is C=CC1(OC(=O)O)CCCCC1. The minimum absolute atomic E-state index is 0.593. The number of carbonyl (C=O) groups is 1. The van der Waals surface area contributed by atoms with Crippen molar-refractivity contribution in [3.05, 3.63) is 12.7 Å². The van der Waals surface area contributed by atoms with Gasteiger partial charge in [0, 0.05) is 0 Å². The highest BCUT2D eigenvalue weighted by Crippen LogP contribution is 2.32. The standard InChI is InChI=1S/C9H14O3/c1-2-9(12-8(10)11)6-4-3-5-7-9/h2H,1,3-7H2,(H,10,11). The molecule has 1 fully saturated rings. The van der Waals surface area contributed by atoms with Gasteiger partial charge in [0.05, 0.1) is 0 Å². The van der Waals surface area contributed by atoms with E-state index in [1.165, 1.54) is 6.42 Å². The summed E-state index contributed by atoms with van der Waals surface area (Å²) in [5.74, 6) is 0. The van der Waals surface area contributed by atoms with Crippen LogP contribution in [-0.4, -0.2) is 16.9 Å². The second-order valence-corrected chi connectivity index (χ2v) is 3.20. The van der Waals surface area contributed by atoms with Crippen LogP contribution in [-0.2, 0) is 4.74 Å². The molecule has 0 amide bonds. The minimum Gasteiger partial charge on any atom is -0.450 e. The molecule has 0 radical (unpaired) electrons. The van der Waals surface area contributed by atoms with Crippen molar-refractivity contribution >= 4 is 6.16 Å². The molecule has 1 aliphatic rings. The Labute approximate surface area is 72.0 Å². The molecule has 0 spiro atoms. The van der Waals surface area contributed by atoms with Crippen LogP contribution in [0.2, 0.25) is 0 Å². The van der Waals surface area contributed by atoms with E-state index in [1.54, 1.807) is 6.08 Å². The number of hydrogen-bond acceptors (Lipinski definition) is 2. The fourth-order valence-electron chi connectivity index (χ4n) is 1.67. The first-order chi connectivity index (χ1) is 5.68.